The summed E-state index contributed by atoms with van der Waals surface area (Å²) in [5.41, 5.74) is 7.98. The fourth-order valence-corrected chi connectivity index (χ4v) is 4.29. The Hall–Kier alpha value is -3.26. The van der Waals surface area contributed by atoms with Crippen molar-refractivity contribution in [2.24, 2.45) is 0 Å². The van der Waals surface area contributed by atoms with Crippen LogP contribution in [0.1, 0.15) is 42.5 Å². The maximum Gasteiger partial charge on any atom is 0.258 e. The molecule has 0 atom stereocenters. The summed E-state index contributed by atoms with van der Waals surface area (Å²) in [6, 6.07) is 7.38. The molecule has 1 amide bonds. The number of fused-ring (bicyclic) bond motifs is 2. The topological polar surface area (TPSA) is 103 Å². The summed E-state index contributed by atoms with van der Waals surface area (Å²) in [6.07, 6.45) is 10.8. The molecule has 0 aliphatic heterocycles. The van der Waals surface area contributed by atoms with Gasteiger partial charge in [0.25, 0.3) is 5.91 Å². The first-order valence-corrected chi connectivity index (χ1v) is 10.8. The normalized spacial score (nSPS) is 13.1. The van der Waals surface area contributed by atoms with E-state index in [0.717, 1.165) is 15.6 Å². The Morgan fingerprint density at radius 3 is 2.67 bits per heavy atom. The van der Waals surface area contributed by atoms with Crippen molar-refractivity contribution in [3.05, 3.63) is 47.6 Å². The number of rotatable bonds is 3. The minimum absolute atomic E-state index is 0.134. The van der Waals surface area contributed by atoms with Gasteiger partial charge in [0.1, 0.15) is 5.75 Å². The van der Waals surface area contributed by atoms with Crippen molar-refractivity contribution in [3.8, 4) is 5.75 Å². The average molecular weight is 422 g/mol. The Morgan fingerprint density at radius 1 is 1.17 bits per heavy atom. The van der Waals surface area contributed by atoms with E-state index in [-0.39, 0.29) is 11.9 Å². The first kappa shape index (κ1) is 20.0. The molecule has 0 spiro atoms. The molecule has 0 saturated heterocycles. The lowest BCUT2D eigenvalue weighted by Gasteiger charge is -2.11. The van der Waals surface area contributed by atoms with Crippen LogP contribution in [0.2, 0.25) is 0 Å². The van der Waals surface area contributed by atoms with Gasteiger partial charge < -0.3 is 15.8 Å². The molecule has 1 saturated carbocycles. The molecule has 1 aliphatic carbocycles. The molecule has 3 heterocycles. The summed E-state index contributed by atoms with van der Waals surface area (Å²) in [6.45, 7) is 0. The average Bonchev–Trinajstić information content (AvgIpc) is 3.46. The number of nitrogens with one attached hydrogen (secondary N) is 1. The first-order valence-electron chi connectivity index (χ1n) is 9.89. The number of pyridine rings is 1. The number of anilines is 2. The lowest BCUT2D eigenvalue weighted by Crippen LogP contribution is -2.12. The fourth-order valence-electron chi connectivity index (χ4n) is 3.44. The Labute approximate surface area is 178 Å². The predicted molar refractivity (Wildman–Crippen MR) is 121 cm³/mol. The molecule has 0 radical (unpaired) electrons. The SMILES string of the molecule is C1CCCC1.COc1cc2ncccc2cc1NC(=O)c1csc2cnc(N)nc12. The summed E-state index contributed by atoms with van der Waals surface area (Å²) in [5.74, 6) is 0.383. The van der Waals surface area contributed by atoms with E-state index in [1.54, 1.807) is 30.9 Å². The highest BCUT2D eigenvalue weighted by atomic mass is 32.1. The van der Waals surface area contributed by atoms with E-state index in [9.17, 15) is 4.79 Å². The lowest BCUT2D eigenvalue weighted by atomic mass is 10.1. The number of benzene rings is 1. The smallest absolute Gasteiger partial charge is 0.258 e. The van der Waals surface area contributed by atoms with Crippen LogP contribution in [0.25, 0.3) is 21.1 Å². The van der Waals surface area contributed by atoms with Gasteiger partial charge in [-0.1, -0.05) is 38.2 Å². The van der Waals surface area contributed by atoms with Crippen molar-refractivity contribution < 1.29 is 9.53 Å². The largest absolute Gasteiger partial charge is 0.494 e. The number of hydrogen-bond acceptors (Lipinski definition) is 7. The number of nitrogens with two attached hydrogens (primary N) is 1. The molecule has 7 nitrogen and oxygen atoms in total. The van der Waals surface area contributed by atoms with Gasteiger partial charge >= 0.3 is 0 Å². The van der Waals surface area contributed by atoms with Crippen LogP contribution >= 0.6 is 11.3 Å². The van der Waals surface area contributed by atoms with Crippen molar-refractivity contribution in [2.75, 3.05) is 18.2 Å². The van der Waals surface area contributed by atoms with Gasteiger partial charge in [0.2, 0.25) is 5.95 Å². The van der Waals surface area contributed by atoms with Crippen LogP contribution in [-0.4, -0.2) is 28.0 Å². The van der Waals surface area contributed by atoms with Crippen LogP contribution < -0.4 is 15.8 Å². The Bertz CT molecular complexity index is 1180. The van der Waals surface area contributed by atoms with E-state index in [0.29, 0.717) is 22.5 Å². The fraction of sp³-hybridized carbons (Fsp3) is 0.273. The second kappa shape index (κ2) is 9.04. The highest BCUT2D eigenvalue weighted by Crippen LogP contribution is 2.31. The number of nitrogen functional groups attached to an aromatic ring is 1. The molecule has 1 aromatic carbocycles. The molecular formula is C22H23N5O2S. The zero-order chi connectivity index (χ0) is 20.9. The van der Waals surface area contributed by atoms with Crippen LogP contribution in [0.3, 0.4) is 0 Å². The molecule has 154 valence electrons. The monoisotopic (exact) mass is 421 g/mol. The molecule has 0 unspecified atom stereocenters. The van der Waals surface area contributed by atoms with E-state index in [1.165, 1.54) is 43.4 Å². The van der Waals surface area contributed by atoms with Gasteiger partial charge in [-0.2, -0.15) is 0 Å². The molecule has 1 aliphatic rings. The number of thiophene rings is 1. The van der Waals surface area contributed by atoms with E-state index in [2.05, 4.69) is 20.3 Å². The highest BCUT2D eigenvalue weighted by Gasteiger charge is 2.17. The standard InChI is InChI=1S/C17H13N5O2S.C5H10/c1-24-13-6-11-9(3-2-4-19-11)5-12(13)21-16(23)10-8-25-14-7-20-17(18)22-15(10)14;1-2-4-5-3-1/h2-8H,1H3,(H,21,23)(H2,18,20,22);1-5H2. The molecule has 1 fully saturated rings. The van der Waals surface area contributed by atoms with Crippen LogP contribution in [0.15, 0.2) is 42.0 Å². The molecule has 5 rings (SSSR count). The molecule has 30 heavy (non-hydrogen) atoms. The quantitative estimate of drug-likeness (QED) is 0.481. The molecule has 4 aromatic rings. The van der Waals surface area contributed by atoms with Crippen LogP contribution in [0.5, 0.6) is 5.75 Å². The number of carbonyl (C=O) groups excluding carboxylic acids is 1. The van der Waals surface area contributed by atoms with Crippen molar-refractivity contribution in [1.82, 2.24) is 15.0 Å². The summed E-state index contributed by atoms with van der Waals surface area (Å²) >= 11 is 1.39. The molecule has 3 N–H and O–H groups in total. The number of methoxy groups -OCH3 is 1. The van der Waals surface area contributed by atoms with Gasteiger partial charge in [-0.15, -0.1) is 11.3 Å². The minimum atomic E-state index is -0.286. The van der Waals surface area contributed by atoms with Gasteiger partial charge in [-0.05, 0) is 12.1 Å². The molecule has 0 bridgehead atoms. The van der Waals surface area contributed by atoms with Crippen molar-refractivity contribution >= 4 is 50.0 Å². The number of amides is 1. The van der Waals surface area contributed by atoms with Gasteiger partial charge in [0, 0.05) is 23.0 Å². The zero-order valence-electron chi connectivity index (χ0n) is 16.7. The third-order valence-corrected chi connectivity index (χ3v) is 5.91. The first-order chi connectivity index (χ1) is 14.7. The Morgan fingerprint density at radius 2 is 1.93 bits per heavy atom. The third kappa shape index (κ3) is 4.33. The number of aromatic nitrogens is 3. The highest BCUT2D eigenvalue weighted by molar-refractivity contribution is 7.17. The van der Waals surface area contributed by atoms with E-state index in [4.69, 9.17) is 10.5 Å². The minimum Gasteiger partial charge on any atom is -0.494 e. The molecule has 3 aromatic heterocycles. The maximum atomic E-state index is 12.7. The lowest BCUT2D eigenvalue weighted by molar-refractivity contribution is 0.102. The second-order valence-electron chi connectivity index (χ2n) is 7.06. The van der Waals surface area contributed by atoms with E-state index in [1.807, 2.05) is 18.2 Å². The molecular weight excluding hydrogens is 398 g/mol. The summed E-state index contributed by atoms with van der Waals surface area (Å²) < 4.78 is 6.18. The van der Waals surface area contributed by atoms with Crippen LogP contribution in [0.4, 0.5) is 11.6 Å². The molecule has 8 heteroatoms. The van der Waals surface area contributed by atoms with Crippen LogP contribution in [0, 0.1) is 0 Å². The predicted octanol–water partition coefficient (Wildman–Crippen LogP) is 5.03. The van der Waals surface area contributed by atoms with Gasteiger partial charge in [0.15, 0.2) is 0 Å². The van der Waals surface area contributed by atoms with Gasteiger partial charge in [-0.25, -0.2) is 9.97 Å². The summed E-state index contributed by atoms with van der Waals surface area (Å²) in [7, 11) is 1.55. The zero-order valence-corrected chi connectivity index (χ0v) is 17.5. The van der Waals surface area contributed by atoms with Crippen LogP contribution in [-0.2, 0) is 0 Å². The number of ether oxygens (including phenoxy) is 1. The Balaban J connectivity index is 0.000000383. The second-order valence-corrected chi connectivity index (χ2v) is 7.97. The van der Waals surface area contributed by atoms with Gasteiger partial charge in [-0.3, -0.25) is 9.78 Å². The number of hydrogen-bond donors (Lipinski definition) is 2. The van der Waals surface area contributed by atoms with Crippen molar-refractivity contribution in [2.45, 2.75) is 32.1 Å². The van der Waals surface area contributed by atoms with Crippen molar-refractivity contribution in [1.29, 1.82) is 0 Å². The van der Waals surface area contributed by atoms with E-state index >= 15 is 0 Å². The van der Waals surface area contributed by atoms with Gasteiger partial charge in [0.05, 0.1) is 40.3 Å². The van der Waals surface area contributed by atoms with E-state index < -0.39 is 0 Å². The third-order valence-electron chi connectivity index (χ3n) is 5.00. The maximum absolute atomic E-state index is 12.7. The number of nitrogens with zero attached hydrogens (tertiary/aromatic N) is 3. The Kier molecular flexibility index (Phi) is 6.04. The summed E-state index contributed by atoms with van der Waals surface area (Å²) in [5, 5.41) is 5.52. The number of carbonyl (C=O) groups is 1. The summed E-state index contributed by atoms with van der Waals surface area (Å²) in [4.78, 5) is 25.1. The van der Waals surface area contributed by atoms with Crippen molar-refractivity contribution in [3.63, 3.8) is 0 Å².